The van der Waals surface area contributed by atoms with E-state index in [2.05, 4.69) is 9.98 Å². The molecule has 0 N–H and O–H groups in total. The molecule has 0 unspecified atom stereocenters. The average Bonchev–Trinajstić information content (AvgIpc) is 2.40. The second-order valence-corrected chi connectivity index (χ2v) is 3.25. The molecule has 0 saturated carbocycles. The van der Waals surface area contributed by atoms with Gasteiger partial charge in [-0.25, -0.2) is 19.6 Å². The van der Waals surface area contributed by atoms with E-state index in [-0.39, 0.29) is 19.7 Å². The molecule has 0 aliphatic heterocycles. The molecular weight excluding hydrogens is 234 g/mol. The van der Waals surface area contributed by atoms with Gasteiger partial charge in [0, 0.05) is 0 Å². The minimum Gasteiger partial charge on any atom is -0.479 e. The molecule has 18 heavy (non-hydrogen) atoms. The number of hydrogen-bond donors (Lipinski definition) is 0. The first-order valence-corrected chi connectivity index (χ1v) is 5.00. The Hall–Kier alpha value is -2.73. The van der Waals surface area contributed by atoms with E-state index in [0.717, 1.165) is 0 Å². The first-order chi connectivity index (χ1) is 8.80. The fourth-order valence-electron chi connectivity index (χ4n) is 1.36. The second-order valence-electron chi connectivity index (χ2n) is 3.25. The van der Waals surface area contributed by atoms with Gasteiger partial charge in [-0.15, -0.1) is 0 Å². The Morgan fingerprint density at radius 3 is 2.06 bits per heavy atom. The summed E-state index contributed by atoms with van der Waals surface area (Å²) < 4.78 is 5.15. The summed E-state index contributed by atoms with van der Waals surface area (Å²) in [6.45, 7) is 0.229. The molecule has 0 spiro atoms. The zero-order chi connectivity index (χ0) is 13.2. The standard InChI is InChI=1S/C12H9N3O3/c13-1-2-18-12-4-10(6-14-8-16)3-11(5-12)7-15-9-17/h3-5H,2,6-7H2. The van der Waals surface area contributed by atoms with Crippen LogP contribution in [0.4, 0.5) is 0 Å². The summed E-state index contributed by atoms with van der Waals surface area (Å²) in [5.41, 5.74) is 1.43. The second kappa shape index (κ2) is 7.53. The predicted molar refractivity (Wildman–Crippen MR) is 61.2 cm³/mol. The van der Waals surface area contributed by atoms with E-state index in [9.17, 15) is 9.59 Å². The maximum absolute atomic E-state index is 10.1. The van der Waals surface area contributed by atoms with Gasteiger partial charge in [-0.3, -0.25) is 0 Å². The van der Waals surface area contributed by atoms with E-state index in [1.807, 2.05) is 6.07 Å². The number of ether oxygens (including phenoxy) is 1. The van der Waals surface area contributed by atoms with Crippen molar-refractivity contribution in [2.75, 3.05) is 6.61 Å². The zero-order valence-corrected chi connectivity index (χ0v) is 9.42. The van der Waals surface area contributed by atoms with Gasteiger partial charge < -0.3 is 4.74 Å². The lowest BCUT2D eigenvalue weighted by atomic mass is 10.1. The number of benzene rings is 1. The predicted octanol–water partition coefficient (Wildman–Crippen LogP) is 1.26. The van der Waals surface area contributed by atoms with Gasteiger partial charge in [0.1, 0.15) is 11.8 Å². The molecule has 0 aromatic heterocycles. The summed E-state index contributed by atoms with van der Waals surface area (Å²) in [5, 5.41) is 8.43. The van der Waals surface area contributed by atoms with E-state index in [1.165, 1.54) is 12.2 Å². The molecule has 0 aliphatic carbocycles. The maximum atomic E-state index is 10.1. The third-order valence-electron chi connectivity index (χ3n) is 1.98. The van der Waals surface area contributed by atoms with Crippen LogP contribution in [0.15, 0.2) is 28.2 Å². The van der Waals surface area contributed by atoms with Crippen LogP contribution in [0.25, 0.3) is 0 Å². The number of rotatable bonds is 6. The zero-order valence-electron chi connectivity index (χ0n) is 9.42. The molecule has 90 valence electrons. The fraction of sp³-hybridized carbons (Fsp3) is 0.250. The molecule has 0 atom stereocenters. The van der Waals surface area contributed by atoms with Crippen LogP contribution < -0.4 is 4.74 Å². The van der Waals surface area contributed by atoms with Crippen LogP contribution in [-0.2, 0) is 22.7 Å². The molecular formula is C12H9N3O3. The fourth-order valence-corrected chi connectivity index (χ4v) is 1.36. The molecule has 0 aliphatic rings. The molecule has 1 aromatic rings. The van der Waals surface area contributed by atoms with Crippen LogP contribution in [0.5, 0.6) is 5.75 Å². The van der Waals surface area contributed by atoms with Crippen LogP contribution in [-0.4, -0.2) is 18.8 Å². The van der Waals surface area contributed by atoms with E-state index >= 15 is 0 Å². The van der Waals surface area contributed by atoms with Crippen molar-refractivity contribution < 1.29 is 14.3 Å². The lowest BCUT2D eigenvalue weighted by molar-refractivity contribution is 0.367. The van der Waals surface area contributed by atoms with Gasteiger partial charge in [-0.2, -0.15) is 5.26 Å². The minimum absolute atomic E-state index is 0.0865. The van der Waals surface area contributed by atoms with Crippen molar-refractivity contribution in [3.05, 3.63) is 29.3 Å². The third kappa shape index (κ3) is 4.42. The minimum atomic E-state index is -0.0865. The van der Waals surface area contributed by atoms with Crippen molar-refractivity contribution in [3.8, 4) is 11.8 Å². The molecule has 6 heteroatoms. The monoisotopic (exact) mass is 243 g/mol. The topological polar surface area (TPSA) is 91.9 Å². The van der Waals surface area contributed by atoms with Crippen molar-refractivity contribution >= 4 is 12.2 Å². The van der Waals surface area contributed by atoms with Crippen molar-refractivity contribution in [1.29, 1.82) is 5.26 Å². The number of isocyanates is 2. The van der Waals surface area contributed by atoms with Crippen LogP contribution in [0.1, 0.15) is 11.1 Å². The number of aliphatic imine (C=N–C) groups is 2. The van der Waals surface area contributed by atoms with Gasteiger partial charge in [0.15, 0.2) is 6.61 Å². The van der Waals surface area contributed by atoms with E-state index in [4.69, 9.17) is 10.00 Å². The van der Waals surface area contributed by atoms with Crippen LogP contribution in [0, 0.1) is 11.3 Å². The van der Waals surface area contributed by atoms with Gasteiger partial charge in [-0.05, 0) is 23.3 Å². The van der Waals surface area contributed by atoms with Crippen LogP contribution >= 0.6 is 0 Å². The molecule has 6 nitrogen and oxygen atoms in total. The first-order valence-electron chi connectivity index (χ1n) is 5.00. The molecule has 0 heterocycles. The summed E-state index contributed by atoms with van der Waals surface area (Å²) in [6, 6.07) is 6.90. The average molecular weight is 243 g/mol. The highest BCUT2D eigenvalue weighted by Crippen LogP contribution is 2.18. The lowest BCUT2D eigenvalue weighted by Crippen LogP contribution is -1.96. The first kappa shape index (κ1) is 13.3. The van der Waals surface area contributed by atoms with Gasteiger partial charge in [0.2, 0.25) is 12.2 Å². The highest BCUT2D eigenvalue weighted by atomic mass is 16.5. The quantitative estimate of drug-likeness (QED) is 0.555. The third-order valence-corrected chi connectivity index (χ3v) is 1.98. The van der Waals surface area contributed by atoms with Crippen molar-refractivity contribution in [3.63, 3.8) is 0 Å². The molecule has 0 bridgehead atoms. The van der Waals surface area contributed by atoms with E-state index in [1.54, 1.807) is 18.2 Å². The van der Waals surface area contributed by atoms with E-state index in [0.29, 0.717) is 16.9 Å². The van der Waals surface area contributed by atoms with E-state index < -0.39 is 0 Å². The van der Waals surface area contributed by atoms with Crippen molar-refractivity contribution in [2.45, 2.75) is 13.1 Å². The molecule has 0 amide bonds. The Labute approximate surface area is 103 Å². The Bertz CT molecular complexity index is 512. The van der Waals surface area contributed by atoms with Crippen molar-refractivity contribution in [1.82, 2.24) is 0 Å². The maximum Gasteiger partial charge on any atom is 0.235 e. The molecule has 0 radical (unpaired) electrons. The van der Waals surface area contributed by atoms with Gasteiger partial charge in [0.05, 0.1) is 13.1 Å². The Kier molecular flexibility index (Phi) is 5.58. The van der Waals surface area contributed by atoms with Gasteiger partial charge in [0.25, 0.3) is 0 Å². The lowest BCUT2D eigenvalue weighted by Gasteiger charge is -2.06. The normalized spacial score (nSPS) is 8.61. The summed E-state index contributed by atoms with van der Waals surface area (Å²) in [4.78, 5) is 27.0. The summed E-state index contributed by atoms with van der Waals surface area (Å²) in [6.07, 6.45) is 2.88. The Morgan fingerprint density at radius 1 is 1.06 bits per heavy atom. The van der Waals surface area contributed by atoms with Crippen LogP contribution in [0.3, 0.4) is 0 Å². The van der Waals surface area contributed by atoms with Gasteiger partial charge >= 0.3 is 0 Å². The SMILES string of the molecule is N#CCOc1cc(CN=C=O)cc(CN=C=O)c1. The summed E-state index contributed by atoms with van der Waals surface area (Å²) >= 11 is 0. The highest BCUT2D eigenvalue weighted by molar-refractivity contribution is 5.39. The summed E-state index contributed by atoms with van der Waals surface area (Å²) in [7, 11) is 0. The molecule has 1 aromatic carbocycles. The number of nitriles is 1. The number of nitrogens with zero attached hydrogens (tertiary/aromatic N) is 3. The smallest absolute Gasteiger partial charge is 0.235 e. The largest absolute Gasteiger partial charge is 0.479 e. The number of hydrogen-bond acceptors (Lipinski definition) is 6. The van der Waals surface area contributed by atoms with Crippen LogP contribution in [0.2, 0.25) is 0 Å². The van der Waals surface area contributed by atoms with Gasteiger partial charge in [-0.1, -0.05) is 6.07 Å². The molecule has 0 fully saturated rings. The summed E-state index contributed by atoms with van der Waals surface area (Å²) in [5.74, 6) is 0.464. The van der Waals surface area contributed by atoms with Crippen molar-refractivity contribution in [2.24, 2.45) is 9.98 Å². The molecule has 0 saturated heterocycles. The Balaban J connectivity index is 2.98. The number of carbonyl (C=O) groups excluding carboxylic acids is 2. The Morgan fingerprint density at radius 2 is 1.61 bits per heavy atom. The highest BCUT2D eigenvalue weighted by Gasteiger charge is 2.02. The molecule has 1 rings (SSSR count).